The number of hydrogen-bond acceptors (Lipinski definition) is 6. The summed E-state index contributed by atoms with van der Waals surface area (Å²) in [6, 6.07) is 1.77. The number of carbonyl (C=O) groups is 2. The van der Waals surface area contributed by atoms with Gasteiger partial charge in [-0.25, -0.2) is 0 Å². The van der Waals surface area contributed by atoms with Gasteiger partial charge in [-0.15, -0.1) is 0 Å². The third-order valence-electron chi connectivity index (χ3n) is 3.73. The number of thiophene rings is 1. The van der Waals surface area contributed by atoms with Crippen LogP contribution in [0.3, 0.4) is 0 Å². The molecule has 0 saturated heterocycles. The van der Waals surface area contributed by atoms with Crippen LogP contribution in [-0.4, -0.2) is 28.5 Å². The summed E-state index contributed by atoms with van der Waals surface area (Å²) in [5.41, 5.74) is -0.330. The van der Waals surface area contributed by atoms with Crippen molar-refractivity contribution in [3.63, 3.8) is 0 Å². The van der Waals surface area contributed by atoms with Crippen LogP contribution in [0.1, 0.15) is 69.5 Å². The summed E-state index contributed by atoms with van der Waals surface area (Å²) < 4.78 is 5.30. The lowest BCUT2D eigenvalue weighted by Gasteiger charge is -2.22. The summed E-state index contributed by atoms with van der Waals surface area (Å²) in [6.45, 7) is 10.1. The average Bonchev–Trinajstić information content (AvgIpc) is 3.20. The Bertz CT molecular complexity index is 745. The topological polar surface area (TPSA) is 97.1 Å². The van der Waals surface area contributed by atoms with Gasteiger partial charge in [0.15, 0.2) is 5.82 Å². The zero-order valence-electron chi connectivity index (χ0n) is 15.9. The van der Waals surface area contributed by atoms with Crippen molar-refractivity contribution in [3.8, 4) is 0 Å². The molecule has 0 aliphatic heterocycles. The van der Waals surface area contributed by atoms with Gasteiger partial charge in [0.2, 0.25) is 11.8 Å². The number of aromatic nitrogens is 2. The van der Waals surface area contributed by atoms with Crippen LogP contribution in [0.15, 0.2) is 21.3 Å². The van der Waals surface area contributed by atoms with Gasteiger partial charge < -0.3 is 15.2 Å². The Morgan fingerprint density at radius 1 is 1.23 bits per heavy atom. The quantitative estimate of drug-likeness (QED) is 0.722. The van der Waals surface area contributed by atoms with E-state index >= 15 is 0 Å². The molecule has 0 aliphatic rings. The number of hydrogen-bond donors (Lipinski definition) is 2. The SMILES string of the molecule is CC(C)(C)c1nc(C(C)(C)NC(=O)CCCNC(=O)c2ccsc2)no1. The average molecular weight is 378 g/mol. The molecule has 2 aromatic heterocycles. The predicted molar refractivity (Wildman–Crippen MR) is 100 cm³/mol. The minimum absolute atomic E-state index is 0.117. The van der Waals surface area contributed by atoms with E-state index in [0.29, 0.717) is 36.7 Å². The highest BCUT2D eigenvalue weighted by Crippen LogP contribution is 2.24. The summed E-state index contributed by atoms with van der Waals surface area (Å²) in [5.74, 6) is 0.739. The second kappa shape index (κ2) is 7.99. The largest absolute Gasteiger partial charge is 0.352 e. The molecule has 0 radical (unpaired) electrons. The zero-order chi connectivity index (χ0) is 19.4. The van der Waals surface area contributed by atoms with Gasteiger partial charge in [-0.1, -0.05) is 25.9 Å². The Hall–Kier alpha value is -2.22. The molecule has 26 heavy (non-hydrogen) atoms. The van der Waals surface area contributed by atoms with Crippen molar-refractivity contribution in [2.75, 3.05) is 6.54 Å². The maximum atomic E-state index is 12.2. The first kappa shape index (κ1) is 20.1. The van der Waals surface area contributed by atoms with Gasteiger partial charge >= 0.3 is 0 Å². The van der Waals surface area contributed by atoms with Crippen molar-refractivity contribution >= 4 is 23.2 Å². The first-order valence-electron chi connectivity index (χ1n) is 8.55. The molecule has 0 aliphatic carbocycles. The molecule has 0 atom stereocenters. The summed E-state index contributed by atoms with van der Waals surface area (Å²) in [6.07, 6.45) is 0.856. The first-order valence-corrected chi connectivity index (χ1v) is 9.50. The second-order valence-electron chi connectivity index (χ2n) is 7.72. The van der Waals surface area contributed by atoms with Gasteiger partial charge in [0.05, 0.1) is 5.54 Å². The molecule has 0 aromatic carbocycles. The number of carbonyl (C=O) groups excluding carboxylic acids is 2. The Kier molecular flexibility index (Phi) is 6.17. The van der Waals surface area contributed by atoms with Crippen LogP contribution in [0.5, 0.6) is 0 Å². The van der Waals surface area contributed by atoms with E-state index in [4.69, 9.17) is 4.52 Å². The van der Waals surface area contributed by atoms with E-state index in [-0.39, 0.29) is 17.2 Å². The number of rotatable bonds is 7. The van der Waals surface area contributed by atoms with Gasteiger partial charge in [0.25, 0.3) is 5.91 Å². The molecule has 2 heterocycles. The molecule has 8 heteroatoms. The molecule has 0 saturated carbocycles. The Labute approximate surface area is 157 Å². The van der Waals surface area contributed by atoms with Crippen LogP contribution >= 0.6 is 11.3 Å². The first-order chi connectivity index (χ1) is 12.1. The molecular weight excluding hydrogens is 352 g/mol. The molecule has 2 rings (SSSR count). The molecule has 0 spiro atoms. The summed E-state index contributed by atoms with van der Waals surface area (Å²) in [4.78, 5) is 28.4. The number of amides is 2. The third-order valence-corrected chi connectivity index (χ3v) is 4.41. The Balaban J connectivity index is 1.79. The van der Waals surface area contributed by atoms with Crippen molar-refractivity contribution in [1.29, 1.82) is 0 Å². The van der Waals surface area contributed by atoms with Gasteiger partial charge in [0, 0.05) is 29.3 Å². The normalized spacial score (nSPS) is 12.0. The van der Waals surface area contributed by atoms with Gasteiger partial charge in [-0.3, -0.25) is 9.59 Å². The standard InChI is InChI=1S/C18H26N4O3S/c1-17(2,3)16-20-15(22-25-16)18(4,5)21-13(23)7-6-9-19-14(24)12-8-10-26-11-12/h8,10-11H,6-7,9H2,1-5H3,(H,19,24)(H,21,23). The van der Waals surface area contributed by atoms with Crippen molar-refractivity contribution in [3.05, 3.63) is 34.1 Å². The lowest BCUT2D eigenvalue weighted by Crippen LogP contribution is -2.42. The van der Waals surface area contributed by atoms with Crippen LogP contribution in [0.25, 0.3) is 0 Å². The zero-order valence-corrected chi connectivity index (χ0v) is 16.7. The van der Waals surface area contributed by atoms with Crippen molar-refractivity contribution in [1.82, 2.24) is 20.8 Å². The highest BCUT2D eigenvalue weighted by molar-refractivity contribution is 7.08. The lowest BCUT2D eigenvalue weighted by atomic mass is 9.97. The van der Waals surface area contributed by atoms with E-state index in [1.54, 1.807) is 11.4 Å². The van der Waals surface area contributed by atoms with Crippen LogP contribution < -0.4 is 10.6 Å². The Morgan fingerprint density at radius 2 is 1.96 bits per heavy atom. The fraction of sp³-hybridized carbons (Fsp3) is 0.556. The van der Waals surface area contributed by atoms with Crippen LogP contribution in [0.4, 0.5) is 0 Å². The summed E-state index contributed by atoms with van der Waals surface area (Å²) in [7, 11) is 0. The molecule has 0 fully saturated rings. The molecule has 7 nitrogen and oxygen atoms in total. The fourth-order valence-corrected chi connectivity index (χ4v) is 2.83. The van der Waals surface area contributed by atoms with E-state index in [0.717, 1.165) is 0 Å². The molecular formula is C18H26N4O3S. The Morgan fingerprint density at radius 3 is 2.54 bits per heavy atom. The van der Waals surface area contributed by atoms with Crippen molar-refractivity contribution in [2.24, 2.45) is 0 Å². The molecule has 0 bridgehead atoms. The van der Waals surface area contributed by atoms with E-state index in [1.165, 1.54) is 11.3 Å². The predicted octanol–water partition coefficient (Wildman–Crippen LogP) is 2.99. The van der Waals surface area contributed by atoms with E-state index < -0.39 is 5.54 Å². The van der Waals surface area contributed by atoms with Crippen LogP contribution in [0.2, 0.25) is 0 Å². The highest BCUT2D eigenvalue weighted by atomic mass is 32.1. The summed E-state index contributed by atoms with van der Waals surface area (Å²) >= 11 is 1.47. The van der Waals surface area contributed by atoms with Gasteiger partial charge in [0.1, 0.15) is 0 Å². The molecule has 2 amide bonds. The van der Waals surface area contributed by atoms with Crippen molar-refractivity contribution in [2.45, 2.75) is 58.4 Å². The van der Waals surface area contributed by atoms with Crippen LogP contribution in [-0.2, 0) is 15.7 Å². The van der Waals surface area contributed by atoms with E-state index in [9.17, 15) is 9.59 Å². The van der Waals surface area contributed by atoms with Crippen LogP contribution in [0, 0.1) is 0 Å². The van der Waals surface area contributed by atoms with E-state index in [2.05, 4.69) is 20.8 Å². The smallest absolute Gasteiger partial charge is 0.252 e. The second-order valence-corrected chi connectivity index (χ2v) is 8.50. The van der Waals surface area contributed by atoms with Gasteiger partial charge in [-0.05, 0) is 31.7 Å². The number of nitrogens with zero attached hydrogens (tertiary/aromatic N) is 2. The molecule has 142 valence electrons. The maximum Gasteiger partial charge on any atom is 0.252 e. The lowest BCUT2D eigenvalue weighted by molar-refractivity contribution is -0.123. The fourth-order valence-electron chi connectivity index (χ4n) is 2.20. The maximum absolute atomic E-state index is 12.2. The van der Waals surface area contributed by atoms with Crippen molar-refractivity contribution < 1.29 is 14.1 Å². The third kappa shape index (κ3) is 5.39. The van der Waals surface area contributed by atoms with E-state index in [1.807, 2.05) is 40.0 Å². The number of nitrogens with one attached hydrogen (secondary N) is 2. The minimum Gasteiger partial charge on any atom is -0.352 e. The van der Waals surface area contributed by atoms with Gasteiger partial charge in [-0.2, -0.15) is 16.3 Å². The monoisotopic (exact) mass is 378 g/mol. The molecule has 0 unspecified atom stereocenters. The summed E-state index contributed by atoms with van der Waals surface area (Å²) in [5, 5.41) is 13.4. The minimum atomic E-state index is -0.732. The molecule has 2 aromatic rings. The highest BCUT2D eigenvalue weighted by Gasteiger charge is 2.31. The molecule has 2 N–H and O–H groups in total.